The van der Waals surface area contributed by atoms with Gasteiger partial charge in [-0.3, -0.25) is 13.8 Å². The summed E-state index contributed by atoms with van der Waals surface area (Å²) in [6.07, 6.45) is -4.27. The molecule has 0 fully saturated rings. The van der Waals surface area contributed by atoms with Gasteiger partial charge in [-0.2, -0.15) is 18.4 Å². The number of nitriles is 1. The Balaban J connectivity index is 3.00. The topological polar surface area (TPSA) is 137 Å². The largest absolute Gasteiger partial charge is 0.416 e. The summed E-state index contributed by atoms with van der Waals surface area (Å²) in [7, 11) is -0.688. The van der Waals surface area contributed by atoms with Gasteiger partial charge >= 0.3 is 6.18 Å². The molecule has 31 heavy (non-hydrogen) atoms. The summed E-state index contributed by atoms with van der Waals surface area (Å²) < 4.78 is 52.5. The predicted molar refractivity (Wildman–Crippen MR) is 109 cm³/mol. The van der Waals surface area contributed by atoms with E-state index in [0.29, 0.717) is 12.1 Å². The van der Waals surface area contributed by atoms with Crippen LogP contribution in [0.15, 0.2) is 27.7 Å². The molecule has 1 amide bonds. The van der Waals surface area contributed by atoms with Gasteiger partial charge in [-0.05, 0) is 12.1 Å². The van der Waals surface area contributed by atoms with Crippen LogP contribution in [0.1, 0.15) is 24.5 Å². The van der Waals surface area contributed by atoms with Crippen LogP contribution in [0.3, 0.4) is 0 Å². The molecule has 1 aliphatic rings. The highest BCUT2D eigenvalue weighted by Gasteiger charge is 2.47. The second-order valence-corrected chi connectivity index (χ2v) is 8.21. The van der Waals surface area contributed by atoms with E-state index in [4.69, 9.17) is 17.3 Å². The van der Waals surface area contributed by atoms with E-state index in [9.17, 15) is 32.2 Å². The van der Waals surface area contributed by atoms with Crippen molar-refractivity contribution in [1.29, 1.82) is 5.26 Å². The first-order valence-corrected chi connectivity index (χ1v) is 10.5. The SMILES string of the molecule is CNC(=O)C1(CC#N)N=C(C(=C(N)C(C)=O)S(C)=O)Nc2c(Cl)cc(C(F)(F)F)cc21. The number of nitrogens with zero attached hydrogens (tertiary/aromatic N) is 2. The number of amides is 1. The number of Topliss-reactive ketones (excluding diaryl/α,β-unsaturated/α-hetero) is 1. The first-order chi connectivity index (χ1) is 14.3. The van der Waals surface area contributed by atoms with E-state index in [1.54, 1.807) is 6.07 Å². The maximum Gasteiger partial charge on any atom is 0.416 e. The number of alkyl halides is 3. The highest BCUT2D eigenvalue weighted by Crippen LogP contribution is 2.46. The Morgan fingerprint density at radius 1 is 1.42 bits per heavy atom. The third kappa shape index (κ3) is 4.42. The molecule has 2 atom stereocenters. The molecule has 1 aliphatic heterocycles. The molecule has 2 rings (SSSR count). The van der Waals surface area contributed by atoms with Crippen molar-refractivity contribution >= 4 is 45.6 Å². The first-order valence-electron chi connectivity index (χ1n) is 8.51. The van der Waals surface area contributed by atoms with E-state index >= 15 is 0 Å². The zero-order chi connectivity index (χ0) is 23.7. The Kier molecular flexibility index (Phi) is 6.82. The minimum Gasteiger partial charge on any atom is -0.395 e. The first kappa shape index (κ1) is 24.4. The van der Waals surface area contributed by atoms with Crippen LogP contribution < -0.4 is 16.4 Å². The van der Waals surface area contributed by atoms with Gasteiger partial charge in [0.05, 0.1) is 45.3 Å². The summed E-state index contributed by atoms with van der Waals surface area (Å²) in [5, 5.41) is 13.8. The number of aliphatic imine (C=N–C) groups is 1. The van der Waals surface area contributed by atoms with Crippen LogP contribution in [0.25, 0.3) is 0 Å². The average Bonchev–Trinajstić information content (AvgIpc) is 2.66. The molecule has 0 aromatic heterocycles. The third-order valence-electron chi connectivity index (χ3n) is 4.47. The van der Waals surface area contributed by atoms with Gasteiger partial charge in [0.1, 0.15) is 10.7 Å². The summed E-state index contributed by atoms with van der Waals surface area (Å²) in [5.41, 5.74) is 1.56. The van der Waals surface area contributed by atoms with Gasteiger partial charge in [-0.25, -0.2) is 4.99 Å². The highest BCUT2D eigenvalue weighted by molar-refractivity contribution is 7.89. The lowest BCUT2D eigenvalue weighted by molar-refractivity contribution is -0.138. The molecule has 1 aromatic carbocycles. The second-order valence-electron chi connectivity index (χ2n) is 6.49. The molecule has 0 aliphatic carbocycles. The molecule has 0 spiro atoms. The standard InChI is InChI=1S/C18H17ClF3N5O3S/c1-8(28)12(24)14(31(3)30)15-26-13-10(6-9(7-11(13)19)18(20,21)22)17(27-15,4-5-23)16(29)25-2/h6-7H,4,24H2,1-3H3,(H,25,29)(H,26,27). The third-order valence-corrected chi connectivity index (χ3v) is 5.76. The normalized spacial score (nSPS) is 19.7. The number of rotatable bonds is 5. The van der Waals surface area contributed by atoms with Crippen LogP contribution in [0.4, 0.5) is 18.9 Å². The van der Waals surface area contributed by atoms with E-state index in [-0.39, 0.29) is 22.0 Å². The second kappa shape index (κ2) is 8.68. The van der Waals surface area contributed by atoms with Gasteiger partial charge in [-0.15, -0.1) is 0 Å². The van der Waals surface area contributed by atoms with Gasteiger partial charge in [-0.1, -0.05) is 11.6 Å². The Bertz CT molecular complexity index is 1090. The van der Waals surface area contributed by atoms with Crippen molar-refractivity contribution < 1.29 is 27.0 Å². The number of carbonyl (C=O) groups excluding carboxylic acids is 2. The fraction of sp³-hybridized carbons (Fsp3) is 0.333. The lowest BCUT2D eigenvalue weighted by Crippen LogP contribution is -2.46. The number of carbonyl (C=O) groups is 2. The van der Waals surface area contributed by atoms with Crippen LogP contribution in [-0.4, -0.2) is 35.0 Å². The fourth-order valence-electron chi connectivity index (χ4n) is 3.02. The molecule has 1 aromatic rings. The van der Waals surface area contributed by atoms with E-state index in [2.05, 4.69) is 15.6 Å². The number of ketones is 1. The summed E-state index contributed by atoms with van der Waals surface area (Å²) in [5.74, 6) is -1.88. The number of benzene rings is 1. The van der Waals surface area contributed by atoms with E-state index in [1.807, 2.05) is 0 Å². The van der Waals surface area contributed by atoms with Crippen molar-refractivity contribution in [3.8, 4) is 6.07 Å². The van der Waals surface area contributed by atoms with Gasteiger partial charge < -0.3 is 16.4 Å². The molecular weight excluding hydrogens is 459 g/mol. The van der Waals surface area contributed by atoms with Crippen molar-refractivity contribution in [1.82, 2.24) is 5.32 Å². The minimum absolute atomic E-state index is 0.155. The molecule has 0 radical (unpaired) electrons. The van der Waals surface area contributed by atoms with Crippen LogP contribution in [0.5, 0.6) is 0 Å². The number of nitrogens with two attached hydrogens (primary N) is 1. The van der Waals surface area contributed by atoms with Crippen LogP contribution in [-0.2, 0) is 32.1 Å². The molecule has 8 nitrogen and oxygen atoms in total. The fourth-order valence-corrected chi connectivity index (χ4v) is 4.11. The molecule has 166 valence electrons. The Morgan fingerprint density at radius 2 is 2.03 bits per heavy atom. The Hall–Kier alpha value is -2.91. The van der Waals surface area contributed by atoms with Crippen molar-refractivity contribution in [2.24, 2.45) is 10.7 Å². The predicted octanol–water partition coefficient (Wildman–Crippen LogP) is 2.18. The van der Waals surface area contributed by atoms with Gasteiger partial charge in [0, 0.05) is 25.8 Å². The zero-order valence-electron chi connectivity index (χ0n) is 16.5. The number of nitrogens with one attached hydrogen (secondary N) is 2. The van der Waals surface area contributed by atoms with Crippen molar-refractivity contribution in [2.45, 2.75) is 25.1 Å². The Morgan fingerprint density at radius 3 is 2.48 bits per heavy atom. The maximum absolute atomic E-state index is 13.4. The van der Waals surface area contributed by atoms with Crippen LogP contribution >= 0.6 is 11.6 Å². The average molecular weight is 476 g/mol. The molecule has 0 bridgehead atoms. The van der Waals surface area contributed by atoms with Crippen molar-refractivity contribution in [3.05, 3.63) is 38.9 Å². The molecular formula is C18H17ClF3N5O3S. The van der Waals surface area contributed by atoms with Gasteiger partial charge in [0.25, 0.3) is 5.91 Å². The molecule has 13 heteroatoms. The quantitative estimate of drug-likeness (QED) is 0.558. The van der Waals surface area contributed by atoms with Crippen molar-refractivity contribution in [3.63, 3.8) is 0 Å². The number of halogens is 4. The molecule has 0 saturated heterocycles. The monoisotopic (exact) mass is 475 g/mol. The number of allylic oxidation sites excluding steroid dienone is 1. The van der Waals surface area contributed by atoms with Crippen molar-refractivity contribution in [2.75, 3.05) is 18.6 Å². The number of likely N-dealkylation sites (N-methyl/N-ethyl adjacent to an activating group) is 1. The smallest absolute Gasteiger partial charge is 0.395 e. The molecule has 4 N–H and O–H groups in total. The van der Waals surface area contributed by atoms with E-state index < -0.39 is 56.9 Å². The van der Waals surface area contributed by atoms with E-state index in [1.165, 1.54) is 13.3 Å². The Labute approximate surface area is 182 Å². The number of hydrogen-bond donors (Lipinski definition) is 3. The summed E-state index contributed by atoms with van der Waals surface area (Å²) in [6.45, 7) is 1.11. The number of anilines is 1. The van der Waals surface area contributed by atoms with Gasteiger partial charge in [0.2, 0.25) is 0 Å². The number of hydrogen-bond acceptors (Lipinski definition) is 7. The number of fused-ring (bicyclic) bond motifs is 1. The molecule has 1 heterocycles. The van der Waals surface area contributed by atoms with E-state index in [0.717, 1.165) is 6.92 Å². The van der Waals surface area contributed by atoms with Crippen LogP contribution in [0, 0.1) is 11.3 Å². The summed E-state index contributed by atoms with van der Waals surface area (Å²) in [6, 6.07) is 3.05. The minimum atomic E-state index is -4.79. The highest BCUT2D eigenvalue weighted by atomic mass is 35.5. The number of amidine groups is 1. The lowest BCUT2D eigenvalue weighted by atomic mass is 9.83. The zero-order valence-corrected chi connectivity index (χ0v) is 18.1. The van der Waals surface area contributed by atoms with Gasteiger partial charge in [0.15, 0.2) is 11.3 Å². The van der Waals surface area contributed by atoms with Crippen LogP contribution in [0.2, 0.25) is 5.02 Å². The molecule has 0 saturated carbocycles. The molecule has 2 unspecified atom stereocenters. The summed E-state index contributed by atoms with van der Waals surface area (Å²) >= 11 is 6.10. The summed E-state index contributed by atoms with van der Waals surface area (Å²) in [4.78, 5) is 28.5. The lowest BCUT2D eigenvalue weighted by Gasteiger charge is -2.35. The maximum atomic E-state index is 13.4.